The quantitative estimate of drug-likeness (QED) is 0.705. The van der Waals surface area contributed by atoms with Crippen molar-refractivity contribution in [3.63, 3.8) is 0 Å². The van der Waals surface area contributed by atoms with Crippen molar-refractivity contribution in [2.45, 2.75) is 19.5 Å². The zero-order valence-corrected chi connectivity index (χ0v) is 11.7. The zero-order valence-electron chi connectivity index (χ0n) is 11.7. The molecule has 0 fully saturated rings. The second-order valence-electron chi connectivity index (χ2n) is 4.29. The molecule has 0 aliphatic heterocycles. The first-order valence-electron chi connectivity index (χ1n) is 6.49. The summed E-state index contributed by atoms with van der Waals surface area (Å²) in [4.78, 5) is 4.27. The normalized spacial score (nSPS) is 12.3. The van der Waals surface area contributed by atoms with E-state index in [1.54, 1.807) is 13.3 Å². The molecule has 0 aliphatic carbocycles. The number of ether oxygens (including phenoxy) is 1. The SMILES string of the molecule is COCCNCc1nnc(NC(C)c2ccccn2)o1. The first-order chi connectivity index (χ1) is 9.79. The van der Waals surface area contributed by atoms with Gasteiger partial charge in [0.2, 0.25) is 5.89 Å². The van der Waals surface area contributed by atoms with E-state index in [0.29, 0.717) is 25.1 Å². The molecule has 108 valence electrons. The van der Waals surface area contributed by atoms with E-state index in [1.165, 1.54) is 0 Å². The number of pyridine rings is 1. The summed E-state index contributed by atoms with van der Waals surface area (Å²) in [6.07, 6.45) is 1.76. The summed E-state index contributed by atoms with van der Waals surface area (Å²) in [5, 5.41) is 14.2. The highest BCUT2D eigenvalue weighted by Crippen LogP contribution is 2.15. The molecule has 0 aromatic carbocycles. The minimum atomic E-state index is 0.00551. The molecule has 0 saturated carbocycles. The Kier molecular flexibility index (Phi) is 5.45. The standard InChI is InChI=1S/C13H19N5O2/c1-10(11-5-3-4-6-15-11)16-13-18-17-12(20-13)9-14-7-8-19-2/h3-6,10,14H,7-9H2,1-2H3,(H,16,18). The summed E-state index contributed by atoms with van der Waals surface area (Å²) in [7, 11) is 1.66. The summed E-state index contributed by atoms with van der Waals surface area (Å²) in [5.74, 6) is 0.539. The van der Waals surface area contributed by atoms with E-state index >= 15 is 0 Å². The molecule has 2 heterocycles. The monoisotopic (exact) mass is 277 g/mol. The summed E-state index contributed by atoms with van der Waals surface area (Å²) in [6, 6.07) is 6.17. The maximum atomic E-state index is 5.49. The Hall–Kier alpha value is -1.99. The van der Waals surface area contributed by atoms with Gasteiger partial charge in [-0.1, -0.05) is 11.2 Å². The molecule has 2 rings (SSSR count). The van der Waals surface area contributed by atoms with Crippen molar-refractivity contribution in [1.29, 1.82) is 0 Å². The molecule has 20 heavy (non-hydrogen) atoms. The van der Waals surface area contributed by atoms with Crippen LogP contribution in [-0.4, -0.2) is 35.4 Å². The molecule has 0 aliphatic rings. The van der Waals surface area contributed by atoms with Crippen molar-refractivity contribution < 1.29 is 9.15 Å². The van der Waals surface area contributed by atoms with Crippen LogP contribution in [0.1, 0.15) is 24.6 Å². The predicted octanol–water partition coefficient (Wildman–Crippen LogP) is 1.37. The van der Waals surface area contributed by atoms with Crippen LogP contribution in [-0.2, 0) is 11.3 Å². The van der Waals surface area contributed by atoms with Crippen molar-refractivity contribution in [2.75, 3.05) is 25.6 Å². The Morgan fingerprint density at radius 2 is 2.25 bits per heavy atom. The van der Waals surface area contributed by atoms with Crippen LogP contribution in [0.2, 0.25) is 0 Å². The van der Waals surface area contributed by atoms with Gasteiger partial charge in [0.25, 0.3) is 0 Å². The molecule has 0 amide bonds. The Morgan fingerprint density at radius 1 is 1.35 bits per heavy atom. The first kappa shape index (κ1) is 14.4. The van der Waals surface area contributed by atoms with Crippen LogP contribution in [0.15, 0.2) is 28.8 Å². The maximum Gasteiger partial charge on any atom is 0.316 e. The molecule has 2 aromatic heterocycles. The predicted molar refractivity (Wildman–Crippen MR) is 74.2 cm³/mol. The smallest absolute Gasteiger partial charge is 0.316 e. The lowest BCUT2D eigenvalue weighted by Gasteiger charge is -2.10. The maximum absolute atomic E-state index is 5.49. The second kappa shape index (κ2) is 7.56. The van der Waals surface area contributed by atoms with Crippen LogP contribution < -0.4 is 10.6 Å². The van der Waals surface area contributed by atoms with Crippen LogP contribution in [0.25, 0.3) is 0 Å². The van der Waals surface area contributed by atoms with E-state index in [4.69, 9.17) is 9.15 Å². The molecule has 2 N–H and O–H groups in total. The van der Waals surface area contributed by atoms with Crippen molar-refractivity contribution in [3.8, 4) is 0 Å². The summed E-state index contributed by atoms with van der Waals surface area (Å²) in [6.45, 7) is 3.90. The molecule has 1 atom stereocenters. The van der Waals surface area contributed by atoms with Crippen molar-refractivity contribution >= 4 is 6.01 Å². The van der Waals surface area contributed by atoms with Crippen molar-refractivity contribution in [1.82, 2.24) is 20.5 Å². The van der Waals surface area contributed by atoms with Gasteiger partial charge >= 0.3 is 6.01 Å². The molecular weight excluding hydrogens is 258 g/mol. The molecule has 0 saturated heterocycles. The summed E-state index contributed by atoms with van der Waals surface area (Å²) in [5.41, 5.74) is 0.922. The fraction of sp³-hybridized carbons (Fsp3) is 0.462. The summed E-state index contributed by atoms with van der Waals surface area (Å²) < 4.78 is 10.4. The van der Waals surface area contributed by atoms with E-state index in [-0.39, 0.29) is 6.04 Å². The van der Waals surface area contributed by atoms with Gasteiger partial charge in [-0.3, -0.25) is 4.98 Å². The number of hydrogen-bond acceptors (Lipinski definition) is 7. The number of anilines is 1. The topological polar surface area (TPSA) is 85.1 Å². The third-order valence-corrected chi connectivity index (χ3v) is 2.70. The van der Waals surface area contributed by atoms with E-state index in [0.717, 1.165) is 12.2 Å². The Labute approximate surface area is 117 Å². The molecule has 1 unspecified atom stereocenters. The number of aromatic nitrogens is 3. The van der Waals surface area contributed by atoms with Gasteiger partial charge in [-0.05, 0) is 19.1 Å². The van der Waals surface area contributed by atoms with Crippen molar-refractivity contribution in [3.05, 3.63) is 36.0 Å². The first-order valence-corrected chi connectivity index (χ1v) is 6.49. The number of methoxy groups -OCH3 is 1. The lowest BCUT2D eigenvalue weighted by atomic mass is 10.2. The zero-order chi connectivity index (χ0) is 14.2. The van der Waals surface area contributed by atoms with Crippen LogP contribution in [0.3, 0.4) is 0 Å². The largest absolute Gasteiger partial charge is 0.407 e. The lowest BCUT2D eigenvalue weighted by Crippen LogP contribution is -2.18. The number of nitrogens with one attached hydrogen (secondary N) is 2. The van der Waals surface area contributed by atoms with Gasteiger partial charge < -0.3 is 19.8 Å². The van der Waals surface area contributed by atoms with Gasteiger partial charge in [-0.2, -0.15) is 0 Å². The summed E-state index contributed by atoms with van der Waals surface area (Å²) >= 11 is 0. The van der Waals surface area contributed by atoms with Gasteiger partial charge in [-0.15, -0.1) is 5.10 Å². The molecule has 2 aromatic rings. The highest BCUT2D eigenvalue weighted by Gasteiger charge is 2.11. The van der Waals surface area contributed by atoms with Gasteiger partial charge in [-0.25, -0.2) is 0 Å². The molecule has 0 radical (unpaired) electrons. The molecule has 0 bridgehead atoms. The molecule has 7 heteroatoms. The van der Waals surface area contributed by atoms with Crippen molar-refractivity contribution in [2.24, 2.45) is 0 Å². The van der Waals surface area contributed by atoms with Gasteiger partial charge in [0, 0.05) is 19.9 Å². The highest BCUT2D eigenvalue weighted by atomic mass is 16.5. The van der Waals surface area contributed by atoms with E-state index in [1.807, 2.05) is 25.1 Å². The lowest BCUT2D eigenvalue weighted by molar-refractivity contribution is 0.198. The molecule has 0 spiro atoms. The Morgan fingerprint density at radius 3 is 3.00 bits per heavy atom. The third-order valence-electron chi connectivity index (χ3n) is 2.70. The van der Waals surface area contributed by atoms with Crippen LogP contribution in [0.4, 0.5) is 6.01 Å². The van der Waals surface area contributed by atoms with E-state index < -0.39 is 0 Å². The fourth-order valence-electron chi connectivity index (χ4n) is 1.64. The van der Waals surface area contributed by atoms with E-state index in [2.05, 4.69) is 25.8 Å². The van der Waals surface area contributed by atoms with Crippen LogP contribution >= 0.6 is 0 Å². The molecular formula is C13H19N5O2. The Bertz CT molecular complexity index is 502. The Balaban J connectivity index is 1.83. The van der Waals surface area contributed by atoms with Gasteiger partial charge in [0.1, 0.15) is 0 Å². The number of nitrogens with zero attached hydrogens (tertiary/aromatic N) is 3. The van der Waals surface area contributed by atoms with Gasteiger partial charge in [0.05, 0.1) is 24.9 Å². The van der Waals surface area contributed by atoms with E-state index in [9.17, 15) is 0 Å². The number of rotatable bonds is 8. The number of hydrogen-bond donors (Lipinski definition) is 2. The highest BCUT2D eigenvalue weighted by molar-refractivity contribution is 5.24. The average molecular weight is 277 g/mol. The third kappa shape index (κ3) is 4.29. The van der Waals surface area contributed by atoms with Gasteiger partial charge in [0.15, 0.2) is 0 Å². The van der Waals surface area contributed by atoms with Crippen LogP contribution in [0, 0.1) is 0 Å². The average Bonchev–Trinajstić information content (AvgIpc) is 2.92. The fourth-order valence-corrected chi connectivity index (χ4v) is 1.64. The second-order valence-corrected chi connectivity index (χ2v) is 4.29. The molecule has 7 nitrogen and oxygen atoms in total. The minimum Gasteiger partial charge on any atom is -0.407 e. The minimum absolute atomic E-state index is 0.00551. The van der Waals surface area contributed by atoms with Crippen LogP contribution in [0.5, 0.6) is 0 Å².